The molecule has 1 fully saturated rings. The van der Waals surface area contributed by atoms with E-state index >= 15 is 0 Å². The third kappa shape index (κ3) is 4.33. The Morgan fingerprint density at radius 1 is 1.25 bits per heavy atom. The van der Waals surface area contributed by atoms with Crippen LogP contribution < -0.4 is 5.32 Å². The van der Waals surface area contributed by atoms with Crippen LogP contribution in [0.2, 0.25) is 0 Å². The first-order valence-corrected chi connectivity index (χ1v) is 6.82. The molecule has 1 N–H and O–H groups in total. The zero-order valence-corrected chi connectivity index (χ0v) is 11.5. The molecule has 20 heavy (non-hydrogen) atoms. The highest BCUT2D eigenvalue weighted by molar-refractivity contribution is 5.33. The van der Waals surface area contributed by atoms with Gasteiger partial charge in [0.25, 0.3) is 0 Å². The first-order chi connectivity index (χ1) is 9.45. The summed E-state index contributed by atoms with van der Waals surface area (Å²) in [4.78, 5) is 2.41. The van der Waals surface area contributed by atoms with Crippen molar-refractivity contribution in [3.63, 3.8) is 0 Å². The standard InChI is InChI=1S/C13H19F3N4/c1-10(9-20-6-2-3-7-20)8-17-12-5-4-11(18-19-12)13(14,15)16/h4-5,10H,2-3,6-9H2,1H3,(H,17,19). The predicted molar refractivity (Wildman–Crippen MR) is 70.4 cm³/mol. The van der Waals surface area contributed by atoms with Crippen LogP contribution >= 0.6 is 0 Å². The van der Waals surface area contributed by atoms with Crippen molar-refractivity contribution in [2.75, 3.05) is 31.5 Å². The Morgan fingerprint density at radius 3 is 2.50 bits per heavy atom. The molecule has 1 aliphatic heterocycles. The number of rotatable bonds is 5. The summed E-state index contributed by atoms with van der Waals surface area (Å²) >= 11 is 0. The lowest BCUT2D eigenvalue weighted by molar-refractivity contribution is -0.141. The number of hydrogen-bond donors (Lipinski definition) is 1. The van der Waals surface area contributed by atoms with Gasteiger partial charge in [-0.1, -0.05) is 6.92 Å². The largest absolute Gasteiger partial charge is 0.435 e. The summed E-state index contributed by atoms with van der Waals surface area (Å²) < 4.78 is 37.0. The Hall–Kier alpha value is -1.37. The van der Waals surface area contributed by atoms with Crippen molar-refractivity contribution in [1.82, 2.24) is 15.1 Å². The van der Waals surface area contributed by atoms with Crippen LogP contribution in [-0.4, -0.2) is 41.3 Å². The fourth-order valence-electron chi connectivity index (χ4n) is 2.33. The van der Waals surface area contributed by atoms with E-state index < -0.39 is 11.9 Å². The van der Waals surface area contributed by atoms with Gasteiger partial charge in [-0.05, 0) is 44.0 Å². The van der Waals surface area contributed by atoms with Gasteiger partial charge < -0.3 is 10.2 Å². The van der Waals surface area contributed by atoms with Crippen molar-refractivity contribution in [2.45, 2.75) is 25.9 Å². The van der Waals surface area contributed by atoms with E-state index in [4.69, 9.17) is 0 Å². The number of hydrogen-bond acceptors (Lipinski definition) is 4. The number of anilines is 1. The fraction of sp³-hybridized carbons (Fsp3) is 0.692. The summed E-state index contributed by atoms with van der Waals surface area (Å²) in [5.41, 5.74) is -0.965. The average Bonchev–Trinajstić information content (AvgIpc) is 2.88. The maximum Gasteiger partial charge on any atom is 0.435 e. The monoisotopic (exact) mass is 288 g/mol. The van der Waals surface area contributed by atoms with E-state index in [0.29, 0.717) is 18.3 Å². The number of halogens is 3. The zero-order valence-electron chi connectivity index (χ0n) is 11.5. The maximum absolute atomic E-state index is 12.3. The second-order valence-electron chi connectivity index (χ2n) is 5.30. The molecule has 2 heterocycles. The molecule has 0 bridgehead atoms. The normalized spacial score (nSPS) is 18.2. The van der Waals surface area contributed by atoms with E-state index in [-0.39, 0.29) is 0 Å². The third-order valence-electron chi connectivity index (χ3n) is 3.36. The molecule has 0 radical (unpaired) electrons. The van der Waals surface area contributed by atoms with E-state index in [9.17, 15) is 13.2 Å². The van der Waals surface area contributed by atoms with Gasteiger partial charge in [-0.3, -0.25) is 0 Å². The Balaban J connectivity index is 1.78. The number of aromatic nitrogens is 2. The van der Waals surface area contributed by atoms with Crippen molar-refractivity contribution in [1.29, 1.82) is 0 Å². The van der Waals surface area contributed by atoms with Gasteiger partial charge in [0.2, 0.25) is 0 Å². The van der Waals surface area contributed by atoms with E-state index in [0.717, 1.165) is 25.7 Å². The van der Waals surface area contributed by atoms with Crippen LogP contribution in [0.15, 0.2) is 12.1 Å². The first-order valence-electron chi connectivity index (χ1n) is 6.82. The molecule has 0 aromatic carbocycles. The van der Waals surface area contributed by atoms with Crippen LogP contribution in [0.5, 0.6) is 0 Å². The van der Waals surface area contributed by atoms with Crippen LogP contribution in [0, 0.1) is 5.92 Å². The Morgan fingerprint density at radius 2 is 1.95 bits per heavy atom. The quantitative estimate of drug-likeness (QED) is 0.904. The molecule has 0 aliphatic carbocycles. The average molecular weight is 288 g/mol. The molecule has 0 amide bonds. The SMILES string of the molecule is CC(CNc1ccc(C(F)(F)F)nn1)CN1CCCC1. The van der Waals surface area contributed by atoms with Crippen LogP contribution in [0.25, 0.3) is 0 Å². The minimum Gasteiger partial charge on any atom is -0.368 e. The molecule has 0 saturated carbocycles. The molecular weight excluding hydrogens is 269 g/mol. The molecule has 1 saturated heterocycles. The molecule has 1 aromatic heterocycles. The van der Waals surface area contributed by atoms with E-state index in [1.165, 1.54) is 18.9 Å². The first kappa shape index (κ1) is 15.0. The lowest BCUT2D eigenvalue weighted by Gasteiger charge is -2.20. The molecule has 1 unspecified atom stereocenters. The van der Waals surface area contributed by atoms with Gasteiger partial charge >= 0.3 is 6.18 Å². The van der Waals surface area contributed by atoms with Crippen molar-refractivity contribution >= 4 is 5.82 Å². The molecule has 1 aromatic rings. The zero-order chi connectivity index (χ0) is 14.6. The molecule has 1 aliphatic rings. The Bertz CT molecular complexity index is 413. The van der Waals surface area contributed by atoms with Crippen LogP contribution in [0.1, 0.15) is 25.5 Å². The van der Waals surface area contributed by atoms with Crippen LogP contribution in [0.4, 0.5) is 19.0 Å². The second-order valence-corrected chi connectivity index (χ2v) is 5.30. The van der Waals surface area contributed by atoms with Gasteiger partial charge in [-0.15, -0.1) is 10.2 Å². The van der Waals surface area contributed by atoms with Gasteiger partial charge in [0.15, 0.2) is 5.69 Å². The van der Waals surface area contributed by atoms with Gasteiger partial charge in [0.05, 0.1) is 0 Å². The second kappa shape index (κ2) is 6.39. The summed E-state index contributed by atoms with van der Waals surface area (Å²) in [7, 11) is 0. The van der Waals surface area contributed by atoms with Crippen molar-refractivity contribution in [3.05, 3.63) is 17.8 Å². The minimum absolute atomic E-state index is 0.381. The van der Waals surface area contributed by atoms with Gasteiger partial charge in [0, 0.05) is 13.1 Å². The number of nitrogens with zero attached hydrogens (tertiary/aromatic N) is 3. The highest BCUT2D eigenvalue weighted by atomic mass is 19.4. The number of nitrogens with one attached hydrogen (secondary N) is 1. The maximum atomic E-state index is 12.3. The third-order valence-corrected chi connectivity index (χ3v) is 3.36. The number of likely N-dealkylation sites (tertiary alicyclic amines) is 1. The van der Waals surface area contributed by atoms with Crippen LogP contribution in [0.3, 0.4) is 0 Å². The summed E-state index contributed by atoms with van der Waals surface area (Å²) in [6.07, 6.45) is -1.93. The summed E-state index contributed by atoms with van der Waals surface area (Å²) in [5.74, 6) is 0.795. The van der Waals surface area contributed by atoms with Crippen LogP contribution in [-0.2, 0) is 6.18 Å². The Kier molecular flexibility index (Phi) is 4.80. The summed E-state index contributed by atoms with van der Waals surface area (Å²) in [6.45, 7) is 6.08. The highest BCUT2D eigenvalue weighted by Gasteiger charge is 2.32. The summed E-state index contributed by atoms with van der Waals surface area (Å²) in [5, 5.41) is 9.77. The predicted octanol–water partition coefficient (Wildman–Crippen LogP) is 2.64. The van der Waals surface area contributed by atoms with Gasteiger partial charge in [-0.2, -0.15) is 13.2 Å². The molecule has 7 heteroatoms. The fourth-order valence-corrected chi connectivity index (χ4v) is 2.33. The minimum atomic E-state index is -4.44. The molecular formula is C13H19F3N4. The molecule has 112 valence electrons. The number of alkyl halides is 3. The van der Waals surface area contributed by atoms with Crippen molar-refractivity contribution in [3.8, 4) is 0 Å². The van der Waals surface area contributed by atoms with E-state index in [2.05, 4.69) is 27.3 Å². The van der Waals surface area contributed by atoms with E-state index in [1.54, 1.807) is 0 Å². The van der Waals surface area contributed by atoms with Gasteiger partial charge in [0.1, 0.15) is 5.82 Å². The summed E-state index contributed by atoms with van der Waals surface area (Å²) in [6, 6.07) is 2.26. The van der Waals surface area contributed by atoms with E-state index in [1.807, 2.05) is 0 Å². The highest BCUT2D eigenvalue weighted by Crippen LogP contribution is 2.27. The Labute approximate surface area is 116 Å². The topological polar surface area (TPSA) is 41.1 Å². The molecule has 4 nitrogen and oxygen atoms in total. The molecule has 0 spiro atoms. The van der Waals surface area contributed by atoms with Crippen molar-refractivity contribution in [2.24, 2.45) is 5.92 Å². The smallest absolute Gasteiger partial charge is 0.368 e. The van der Waals surface area contributed by atoms with Crippen molar-refractivity contribution < 1.29 is 13.2 Å². The lowest BCUT2D eigenvalue weighted by atomic mass is 10.1. The van der Waals surface area contributed by atoms with Gasteiger partial charge in [-0.25, -0.2) is 0 Å². The lowest BCUT2D eigenvalue weighted by Crippen LogP contribution is -2.29. The molecule has 1 atom stereocenters. The molecule has 2 rings (SSSR count).